The molecule has 0 aliphatic carbocycles. The molecule has 0 aliphatic heterocycles. The van der Waals surface area contributed by atoms with Crippen molar-refractivity contribution in [3.8, 4) is 0 Å². The van der Waals surface area contributed by atoms with Gasteiger partial charge in [0.15, 0.2) is 5.13 Å². The van der Waals surface area contributed by atoms with Crippen molar-refractivity contribution in [2.24, 2.45) is 0 Å². The summed E-state index contributed by atoms with van der Waals surface area (Å²) in [5.41, 5.74) is 2.24. The summed E-state index contributed by atoms with van der Waals surface area (Å²) in [6.07, 6.45) is 1.64. The number of nitrogens with one attached hydrogen (secondary N) is 3. The zero-order valence-electron chi connectivity index (χ0n) is 13.1. The van der Waals surface area contributed by atoms with Gasteiger partial charge in [0.25, 0.3) is 5.91 Å². The van der Waals surface area contributed by atoms with Crippen LogP contribution in [-0.2, 0) is 4.79 Å². The number of fused-ring (bicyclic) bond motifs is 2. The molecule has 124 valence electrons. The average Bonchev–Trinajstić information content (AvgIpc) is 3.23. The Morgan fingerprint density at radius 1 is 1.08 bits per heavy atom. The summed E-state index contributed by atoms with van der Waals surface area (Å²) < 4.78 is 1.00. The van der Waals surface area contributed by atoms with Gasteiger partial charge in [-0.15, -0.1) is 0 Å². The number of nitrogens with zero attached hydrogens (tertiary/aromatic N) is 1. The van der Waals surface area contributed by atoms with Gasteiger partial charge in [-0.1, -0.05) is 41.7 Å². The Bertz CT molecular complexity index is 1050. The van der Waals surface area contributed by atoms with Crippen LogP contribution >= 0.6 is 11.3 Å². The molecule has 0 aliphatic rings. The van der Waals surface area contributed by atoms with Crippen LogP contribution in [0.2, 0.25) is 0 Å². The molecule has 0 saturated heterocycles. The topological polar surface area (TPSA) is 86.9 Å². The number of anilines is 1. The zero-order chi connectivity index (χ0) is 17.2. The molecule has 2 heterocycles. The molecule has 2 aromatic heterocycles. The first kappa shape index (κ1) is 15.3. The van der Waals surface area contributed by atoms with Gasteiger partial charge >= 0.3 is 0 Å². The largest absolute Gasteiger partial charge is 0.360 e. The minimum Gasteiger partial charge on any atom is -0.360 e. The number of carbonyl (C=O) groups is 2. The van der Waals surface area contributed by atoms with Crippen LogP contribution in [0.4, 0.5) is 5.13 Å². The van der Waals surface area contributed by atoms with E-state index in [0.29, 0.717) is 10.7 Å². The Hall–Kier alpha value is -3.19. The van der Waals surface area contributed by atoms with E-state index in [1.54, 1.807) is 6.20 Å². The first-order valence-corrected chi connectivity index (χ1v) is 8.52. The van der Waals surface area contributed by atoms with Crippen molar-refractivity contribution >= 4 is 49.4 Å². The predicted molar refractivity (Wildman–Crippen MR) is 98.9 cm³/mol. The van der Waals surface area contributed by atoms with Gasteiger partial charge in [0, 0.05) is 17.1 Å². The number of amides is 2. The Morgan fingerprint density at radius 3 is 2.76 bits per heavy atom. The molecule has 25 heavy (non-hydrogen) atoms. The van der Waals surface area contributed by atoms with Gasteiger partial charge in [-0.3, -0.25) is 9.59 Å². The molecule has 0 saturated carbocycles. The van der Waals surface area contributed by atoms with E-state index >= 15 is 0 Å². The van der Waals surface area contributed by atoms with Crippen LogP contribution in [0.5, 0.6) is 0 Å². The molecule has 0 radical (unpaired) electrons. The number of hydrogen-bond donors (Lipinski definition) is 3. The fraction of sp³-hybridized carbons (Fsp3) is 0.0556. The van der Waals surface area contributed by atoms with Gasteiger partial charge in [-0.2, -0.15) is 0 Å². The highest BCUT2D eigenvalue weighted by molar-refractivity contribution is 7.22. The number of aromatic amines is 1. The van der Waals surface area contributed by atoms with Crippen molar-refractivity contribution in [1.82, 2.24) is 15.3 Å². The third-order valence-electron chi connectivity index (χ3n) is 3.78. The first-order valence-electron chi connectivity index (χ1n) is 7.70. The van der Waals surface area contributed by atoms with Crippen LogP contribution in [0.3, 0.4) is 0 Å². The molecule has 0 spiro atoms. The highest BCUT2D eigenvalue weighted by Crippen LogP contribution is 2.25. The van der Waals surface area contributed by atoms with Crippen LogP contribution in [0.25, 0.3) is 21.1 Å². The smallest absolute Gasteiger partial charge is 0.253 e. The van der Waals surface area contributed by atoms with E-state index in [2.05, 4.69) is 20.6 Å². The van der Waals surface area contributed by atoms with E-state index in [1.165, 1.54) is 11.3 Å². The van der Waals surface area contributed by atoms with Crippen molar-refractivity contribution in [2.45, 2.75) is 0 Å². The van der Waals surface area contributed by atoms with Crippen LogP contribution < -0.4 is 10.6 Å². The first-order chi connectivity index (χ1) is 12.2. The maximum Gasteiger partial charge on any atom is 0.253 e. The maximum atomic E-state index is 12.3. The number of thiazole rings is 1. The Kier molecular flexibility index (Phi) is 3.91. The predicted octanol–water partition coefficient (Wildman–Crippen LogP) is 3.15. The van der Waals surface area contributed by atoms with E-state index in [-0.39, 0.29) is 18.4 Å². The summed E-state index contributed by atoms with van der Waals surface area (Å²) >= 11 is 1.40. The van der Waals surface area contributed by atoms with Gasteiger partial charge < -0.3 is 15.6 Å². The Balaban J connectivity index is 1.40. The minimum atomic E-state index is -0.313. The average molecular weight is 350 g/mol. The van der Waals surface area contributed by atoms with Gasteiger partial charge in [0.05, 0.1) is 22.3 Å². The molecule has 6 nitrogen and oxygen atoms in total. The second-order valence-corrected chi connectivity index (χ2v) is 6.50. The lowest BCUT2D eigenvalue weighted by atomic mass is 10.1. The summed E-state index contributed by atoms with van der Waals surface area (Å²) in [4.78, 5) is 31.7. The fourth-order valence-electron chi connectivity index (χ4n) is 2.60. The SMILES string of the molecule is O=C(CNC(=O)c1c[nH]c2ccccc12)Nc1nc2ccccc2s1. The summed E-state index contributed by atoms with van der Waals surface area (Å²) in [6, 6.07) is 15.2. The highest BCUT2D eigenvalue weighted by Gasteiger charge is 2.13. The number of aromatic nitrogens is 2. The van der Waals surface area contributed by atoms with Crippen molar-refractivity contribution in [2.75, 3.05) is 11.9 Å². The minimum absolute atomic E-state index is 0.117. The molecule has 0 bridgehead atoms. The number of rotatable bonds is 4. The molecule has 3 N–H and O–H groups in total. The molecule has 0 atom stereocenters. The molecular weight excluding hydrogens is 336 g/mol. The van der Waals surface area contributed by atoms with E-state index in [0.717, 1.165) is 21.1 Å². The van der Waals surface area contributed by atoms with Gasteiger partial charge in [0.1, 0.15) is 0 Å². The quantitative estimate of drug-likeness (QED) is 0.528. The van der Waals surface area contributed by atoms with E-state index < -0.39 is 0 Å². The molecule has 0 fully saturated rings. The third-order valence-corrected chi connectivity index (χ3v) is 4.74. The van der Waals surface area contributed by atoms with Gasteiger partial charge in [-0.05, 0) is 18.2 Å². The number of H-pyrrole nitrogens is 1. The van der Waals surface area contributed by atoms with Crippen LogP contribution in [-0.4, -0.2) is 28.3 Å². The van der Waals surface area contributed by atoms with Crippen molar-refractivity contribution in [3.63, 3.8) is 0 Å². The number of para-hydroxylation sites is 2. The standard InChI is InChI=1S/C18H14N4O2S/c23-16(22-18-21-14-7-3-4-8-15(14)25-18)10-20-17(24)12-9-19-13-6-2-1-5-11(12)13/h1-9,19H,10H2,(H,20,24)(H,21,22,23). The normalized spacial score (nSPS) is 10.9. The van der Waals surface area contributed by atoms with Gasteiger partial charge in [0.2, 0.25) is 5.91 Å². The molecule has 4 rings (SSSR count). The molecule has 7 heteroatoms. The monoisotopic (exact) mass is 350 g/mol. The lowest BCUT2D eigenvalue weighted by Crippen LogP contribution is -2.32. The Labute approximate surface area is 146 Å². The number of hydrogen-bond acceptors (Lipinski definition) is 4. The summed E-state index contributed by atoms with van der Waals surface area (Å²) in [5.74, 6) is -0.607. The summed E-state index contributed by atoms with van der Waals surface area (Å²) in [5, 5.41) is 6.70. The van der Waals surface area contributed by atoms with E-state index in [1.807, 2.05) is 48.5 Å². The molecule has 2 aromatic carbocycles. The number of benzene rings is 2. The highest BCUT2D eigenvalue weighted by atomic mass is 32.1. The fourth-order valence-corrected chi connectivity index (χ4v) is 3.49. The molecule has 0 unspecified atom stereocenters. The van der Waals surface area contributed by atoms with Crippen molar-refractivity contribution in [3.05, 3.63) is 60.3 Å². The van der Waals surface area contributed by atoms with Gasteiger partial charge in [-0.25, -0.2) is 4.98 Å². The van der Waals surface area contributed by atoms with Crippen LogP contribution in [0.15, 0.2) is 54.7 Å². The third kappa shape index (κ3) is 3.09. The second-order valence-electron chi connectivity index (χ2n) is 5.47. The second kappa shape index (κ2) is 6.37. The maximum absolute atomic E-state index is 12.3. The van der Waals surface area contributed by atoms with E-state index in [4.69, 9.17) is 0 Å². The lowest BCUT2D eigenvalue weighted by molar-refractivity contribution is -0.115. The van der Waals surface area contributed by atoms with Crippen LogP contribution in [0, 0.1) is 0 Å². The summed E-state index contributed by atoms with van der Waals surface area (Å²) in [7, 11) is 0. The van der Waals surface area contributed by atoms with Crippen LogP contribution in [0.1, 0.15) is 10.4 Å². The number of carbonyl (C=O) groups excluding carboxylic acids is 2. The lowest BCUT2D eigenvalue weighted by Gasteiger charge is -2.04. The van der Waals surface area contributed by atoms with Crippen molar-refractivity contribution in [1.29, 1.82) is 0 Å². The molecule has 4 aromatic rings. The molecular formula is C18H14N4O2S. The Morgan fingerprint density at radius 2 is 1.88 bits per heavy atom. The summed E-state index contributed by atoms with van der Waals surface area (Å²) in [6.45, 7) is -0.117. The zero-order valence-corrected chi connectivity index (χ0v) is 13.9. The molecule has 2 amide bonds. The van der Waals surface area contributed by atoms with E-state index in [9.17, 15) is 9.59 Å². The van der Waals surface area contributed by atoms with Crippen molar-refractivity contribution < 1.29 is 9.59 Å².